The summed E-state index contributed by atoms with van der Waals surface area (Å²) in [5, 5.41) is 6.41. The number of halogens is 1. The minimum Gasteiger partial charge on any atom is -0.497 e. The Bertz CT molecular complexity index is 793. The molecule has 0 saturated heterocycles. The number of hydrogen-bond donors (Lipinski definition) is 2. The van der Waals surface area contributed by atoms with Gasteiger partial charge in [0.2, 0.25) is 5.95 Å². The summed E-state index contributed by atoms with van der Waals surface area (Å²) in [5.74, 6) is 2.02. The van der Waals surface area contributed by atoms with E-state index >= 15 is 0 Å². The number of nitrogens with zero attached hydrogens (tertiary/aromatic N) is 2. The van der Waals surface area contributed by atoms with Gasteiger partial charge >= 0.3 is 0 Å². The molecule has 0 aliphatic heterocycles. The summed E-state index contributed by atoms with van der Waals surface area (Å²) < 4.78 is 6.24. The van der Waals surface area contributed by atoms with E-state index in [9.17, 15) is 0 Å². The van der Waals surface area contributed by atoms with Crippen molar-refractivity contribution in [3.05, 3.63) is 65.3 Å². The first-order valence-electron chi connectivity index (χ1n) is 7.00. The lowest BCUT2D eigenvalue weighted by Gasteiger charge is -2.09. The summed E-state index contributed by atoms with van der Waals surface area (Å²) in [4.78, 5) is 8.69. The van der Waals surface area contributed by atoms with Gasteiger partial charge in [-0.2, -0.15) is 4.98 Å². The number of nitrogens with one attached hydrogen (secondary N) is 2. The topological polar surface area (TPSA) is 59.1 Å². The number of methoxy groups -OCH3 is 1. The molecule has 1 aromatic heterocycles. The minimum atomic E-state index is 0.528. The largest absolute Gasteiger partial charge is 0.497 e. The number of benzene rings is 2. The van der Waals surface area contributed by atoms with E-state index in [2.05, 4.69) is 36.5 Å². The van der Waals surface area contributed by atoms with Crippen LogP contribution in [-0.2, 0) is 0 Å². The van der Waals surface area contributed by atoms with E-state index in [1.165, 1.54) is 0 Å². The molecule has 3 aromatic rings. The van der Waals surface area contributed by atoms with Gasteiger partial charge in [-0.05, 0) is 42.5 Å². The van der Waals surface area contributed by atoms with Crippen LogP contribution < -0.4 is 15.4 Å². The third-order valence-electron chi connectivity index (χ3n) is 3.10. The fraction of sp³-hybridized carbons (Fsp3) is 0.0588. The Morgan fingerprint density at radius 2 is 1.78 bits per heavy atom. The second-order valence-corrected chi connectivity index (χ2v) is 5.67. The molecule has 3 rings (SSSR count). The predicted molar refractivity (Wildman–Crippen MR) is 95.7 cm³/mol. The van der Waals surface area contributed by atoms with Crippen LogP contribution in [0.25, 0.3) is 0 Å². The third kappa shape index (κ3) is 4.20. The van der Waals surface area contributed by atoms with Crippen LogP contribution in [0.4, 0.5) is 23.1 Å². The zero-order valence-corrected chi connectivity index (χ0v) is 14.0. The predicted octanol–water partition coefficient (Wildman–Crippen LogP) is 4.73. The molecule has 0 spiro atoms. The van der Waals surface area contributed by atoms with Gasteiger partial charge < -0.3 is 15.4 Å². The average Bonchev–Trinajstić information content (AvgIpc) is 2.57. The Balaban J connectivity index is 1.75. The fourth-order valence-electron chi connectivity index (χ4n) is 2.00. The Hall–Kier alpha value is -2.60. The van der Waals surface area contributed by atoms with Crippen molar-refractivity contribution in [1.82, 2.24) is 9.97 Å². The molecule has 0 atom stereocenters. The standard InChI is InChI=1S/C17H15BrN4O/c1-23-15-4-2-3-14(11-15)20-16-9-10-19-17(22-16)21-13-7-5-12(18)6-8-13/h2-11H,1H3,(H2,19,20,21,22). The molecule has 0 amide bonds. The lowest BCUT2D eigenvalue weighted by atomic mass is 10.3. The first-order valence-corrected chi connectivity index (χ1v) is 7.79. The van der Waals surface area contributed by atoms with Crippen molar-refractivity contribution in [3.63, 3.8) is 0 Å². The normalized spacial score (nSPS) is 10.2. The number of aromatic nitrogens is 2. The first-order chi connectivity index (χ1) is 11.2. The molecular weight excluding hydrogens is 356 g/mol. The highest BCUT2D eigenvalue weighted by atomic mass is 79.9. The zero-order valence-electron chi connectivity index (χ0n) is 12.5. The quantitative estimate of drug-likeness (QED) is 0.679. The molecule has 23 heavy (non-hydrogen) atoms. The molecule has 0 saturated carbocycles. The molecular formula is C17H15BrN4O. The molecule has 0 radical (unpaired) electrons. The Morgan fingerprint density at radius 1 is 0.957 bits per heavy atom. The second kappa shape index (κ2) is 7.11. The Labute approximate surface area is 142 Å². The van der Waals surface area contributed by atoms with Gasteiger partial charge in [-0.25, -0.2) is 4.98 Å². The minimum absolute atomic E-state index is 0.528. The zero-order chi connectivity index (χ0) is 16.1. The molecule has 0 bridgehead atoms. The van der Waals surface area contributed by atoms with Gasteiger partial charge in [0.15, 0.2) is 0 Å². The Morgan fingerprint density at radius 3 is 2.57 bits per heavy atom. The fourth-order valence-corrected chi connectivity index (χ4v) is 2.26. The molecule has 6 heteroatoms. The Kier molecular flexibility index (Phi) is 4.73. The van der Waals surface area contributed by atoms with Gasteiger partial charge in [-0.1, -0.05) is 22.0 Å². The summed E-state index contributed by atoms with van der Waals surface area (Å²) in [6.07, 6.45) is 1.71. The summed E-state index contributed by atoms with van der Waals surface area (Å²) in [6.45, 7) is 0. The summed E-state index contributed by atoms with van der Waals surface area (Å²) in [5.41, 5.74) is 1.82. The number of hydrogen-bond acceptors (Lipinski definition) is 5. The van der Waals surface area contributed by atoms with E-state index in [4.69, 9.17) is 4.74 Å². The van der Waals surface area contributed by atoms with Crippen LogP contribution in [0.1, 0.15) is 0 Å². The molecule has 2 aromatic carbocycles. The molecule has 116 valence electrons. The van der Waals surface area contributed by atoms with Crippen molar-refractivity contribution >= 4 is 39.1 Å². The van der Waals surface area contributed by atoms with Crippen molar-refractivity contribution in [3.8, 4) is 5.75 Å². The number of ether oxygens (including phenoxy) is 1. The summed E-state index contributed by atoms with van der Waals surface area (Å²) >= 11 is 3.41. The lowest BCUT2D eigenvalue weighted by Crippen LogP contribution is -2.00. The maximum atomic E-state index is 5.22. The van der Waals surface area contributed by atoms with E-state index in [0.717, 1.165) is 21.6 Å². The van der Waals surface area contributed by atoms with Gasteiger partial charge in [0.1, 0.15) is 11.6 Å². The maximum Gasteiger partial charge on any atom is 0.229 e. The maximum absolute atomic E-state index is 5.22. The molecule has 2 N–H and O–H groups in total. The number of rotatable bonds is 5. The van der Waals surface area contributed by atoms with Crippen LogP contribution in [0.2, 0.25) is 0 Å². The van der Waals surface area contributed by atoms with Crippen LogP contribution in [0.5, 0.6) is 5.75 Å². The van der Waals surface area contributed by atoms with Gasteiger partial charge in [-0.3, -0.25) is 0 Å². The average molecular weight is 371 g/mol. The summed E-state index contributed by atoms with van der Waals surface area (Å²) in [7, 11) is 1.64. The third-order valence-corrected chi connectivity index (χ3v) is 3.63. The van der Waals surface area contributed by atoms with E-state index in [-0.39, 0.29) is 0 Å². The summed E-state index contributed by atoms with van der Waals surface area (Å²) in [6, 6.07) is 17.3. The van der Waals surface area contributed by atoms with Crippen LogP contribution in [0, 0.1) is 0 Å². The van der Waals surface area contributed by atoms with E-state index < -0.39 is 0 Å². The highest BCUT2D eigenvalue weighted by Gasteiger charge is 2.02. The second-order valence-electron chi connectivity index (χ2n) is 4.75. The SMILES string of the molecule is COc1cccc(Nc2ccnc(Nc3ccc(Br)cc3)n2)c1. The molecule has 1 heterocycles. The van der Waals surface area contributed by atoms with Gasteiger partial charge in [0.25, 0.3) is 0 Å². The van der Waals surface area contributed by atoms with Crippen molar-refractivity contribution in [2.75, 3.05) is 17.7 Å². The van der Waals surface area contributed by atoms with Crippen LogP contribution >= 0.6 is 15.9 Å². The highest BCUT2D eigenvalue weighted by molar-refractivity contribution is 9.10. The number of anilines is 4. The molecule has 0 aliphatic carbocycles. The van der Waals surface area contributed by atoms with Crippen LogP contribution in [-0.4, -0.2) is 17.1 Å². The van der Waals surface area contributed by atoms with Gasteiger partial charge in [0, 0.05) is 28.1 Å². The molecule has 0 unspecified atom stereocenters. The van der Waals surface area contributed by atoms with E-state index in [0.29, 0.717) is 11.8 Å². The van der Waals surface area contributed by atoms with Crippen molar-refractivity contribution in [2.24, 2.45) is 0 Å². The van der Waals surface area contributed by atoms with E-state index in [1.807, 2.05) is 54.6 Å². The van der Waals surface area contributed by atoms with Gasteiger partial charge in [-0.15, -0.1) is 0 Å². The van der Waals surface area contributed by atoms with Crippen LogP contribution in [0.15, 0.2) is 65.3 Å². The monoisotopic (exact) mass is 370 g/mol. The lowest BCUT2D eigenvalue weighted by molar-refractivity contribution is 0.415. The molecule has 0 fully saturated rings. The first kappa shape index (κ1) is 15.3. The van der Waals surface area contributed by atoms with Crippen molar-refractivity contribution in [1.29, 1.82) is 0 Å². The van der Waals surface area contributed by atoms with Gasteiger partial charge in [0.05, 0.1) is 7.11 Å². The van der Waals surface area contributed by atoms with Crippen molar-refractivity contribution < 1.29 is 4.74 Å². The van der Waals surface area contributed by atoms with Crippen molar-refractivity contribution in [2.45, 2.75) is 0 Å². The molecule has 5 nitrogen and oxygen atoms in total. The van der Waals surface area contributed by atoms with Crippen LogP contribution in [0.3, 0.4) is 0 Å². The van der Waals surface area contributed by atoms with E-state index in [1.54, 1.807) is 13.3 Å². The molecule has 0 aliphatic rings. The smallest absolute Gasteiger partial charge is 0.229 e. The highest BCUT2D eigenvalue weighted by Crippen LogP contribution is 2.21.